The van der Waals surface area contributed by atoms with E-state index < -0.39 is 0 Å². The second-order valence-corrected chi connectivity index (χ2v) is 2.99. The number of aromatic nitrogens is 4. The third-order valence-corrected chi connectivity index (χ3v) is 2.08. The van der Waals surface area contributed by atoms with Crippen LogP contribution in [0.15, 0.2) is 12.4 Å². The second-order valence-electron chi connectivity index (χ2n) is 2.43. The molecule has 2 aromatic heterocycles. The van der Waals surface area contributed by atoms with Crippen molar-refractivity contribution >= 4 is 33.0 Å². The zero-order valence-corrected chi connectivity index (χ0v) is 8.19. The van der Waals surface area contributed by atoms with Crippen LogP contribution in [0.1, 0.15) is 5.69 Å². The molecule has 0 bridgehead atoms. The van der Waals surface area contributed by atoms with Crippen LogP contribution >= 0.6 is 15.9 Å². The van der Waals surface area contributed by atoms with E-state index in [9.17, 15) is 0 Å². The topological polar surface area (TPSA) is 77.6 Å². The molecular weight excluding hydrogens is 234 g/mol. The summed E-state index contributed by atoms with van der Waals surface area (Å²) in [5.74, 6) is 0.216. The van der Waals surface area contributed by atoms with Gasteiger partial charge in [0.05, 0.1) is 18.1 Å². The van der Waals surface area contributed by atoms with Gasteiger partial charge >= 0.3 is 0 Å². The van der Waals surface area contributed by atoms with Crippen molar-refractivity contribution in [3.8, 4) is 0 Å². The van der Waals surface area contributed by atoms with Crippen LogP contribution in [0.4, 0.5) is 5.95 Å². The van der Waals surface area contributed by atoms with Crippen LogP contribution in [-0.4, -0.2) is 19.9 Å². The highest BCUT2D eigenvalue weighted by Crippen LogP contribution is 2.08. The third-order valence-electron chi connectivity index (χ3n) is 1.51. The maximum Gasteiger partial charge on any atom is 0.222 e. The van der Waals surface area contributed by atoms with Gasteiger partial charge in [0.1, 0.15) is 5.52 Å². The fourth-order valence-electron chi connectivity index (χ4n) is 0.937. The fraction of sp³-hybridized carbons (Fsp3) is 0.143. The molecule has 0 aliphatic carbocycles. The molecule has 0 unspecified atom stereocenters. The predicted octanol–water partition coefficient (Wildman–Crippen LogP) is 0.897. The Kier molecular flexibility index (Phi) is 2.05. The quantitative estimate of drug-likeness (QED) is 0.749. The Hall–Kier alpha value is -1.30. The zero-order chi connectivity index (χ0) is 9.26. The van der Waals surface area contributed by atoms with E-state index in [0.29, 0.717) is 16.5 Å². The number of nitrogens with two attached hydrogens (primary N) is 1. The van der Waals surface area contributed by atoms with Crippen LogP contribution in [0.3, 0.4) is 0 Å². The molecule has 2 aromatic rings. The SMILES string of the molecule is Nc1ncc2nc(CBr)cnc2n1. The van der Waals surface area contributed by atoms with Crippen LogP contribution in [0, 0.1) is 0 Å². The highest BCUT2D eigenvalue weighted by molar-refractivity contribution is 9.08. The van der Waals surface area contributed by atoms with E-state index in [4.69, 9.17) is 5.73 Å². The van der Waals surface area contributed by atoms with Gasteiger partial charge in [-0.2, -0.15) is 4.98 Å². The smallest absolute Gasteiger partial charge is 0.222 e. The molecule has 0 atom stereocenters. The molecule has 66 valence electrons. The van der Waals surface area contributed by atoms with Crippen LogP contribution in [0.25, 0.3) is 11.2 Å². The Morgan fingerprint density at radius 2 is 2.08 bits per heavy atom. The summed E-state index contributed by atoms with van der Waals surface area (Å²) in [5.41, 5.74) is 7.43. The summed E-state index contributed by atoms with van der Waals surface area (Å²) in [4.78, 5) is 16.1. The van der Waals surface area contributed by atoms with Gasteiger partial charge in [-0.25, -0.2) is 15.0 Å². The number of rotatable bonds is 1. The van der Waals surface area contributed by atoms with Crippen LogP contribution in [-0.2, 0) is 5.33 Å². The van der Waals surface area contributed by atoms with Gasteiger partial charge in [0, 0.05) is 5.33 Å². The van der Waals surface area contributed by atoms with Gasteiger partial charge in [0.25, 0.3) is 0 Å². The highest BCUT2D eigenvalue weighted by atomic mass is 79.9. The summed E-state index contributed by atoms with van der Waals surface area (Å²) in [7, 11) is 0. The molecule has 0 saturated heterocycles. The van der Waals surface area contributed by atoms with Crippen LogP contribution in [0.5, 0.6) is 0 Å². The van der Waals surface area contributed by atoms with Gasteiger partial charge < -0.3 is 5.73 Å². The number of anilines is 1. The van der Waals surface area contributed by atoms with Gasteiger partial charge in [0.15, 0.2) is 5.65 Å². The van der Waals surface area contributed by atoms with Gasteiger partial charge in [-0.3, -0.25) is 0 Å². The van der Waals surface area contributed by atoms with Crippen molar-refractivity contribution < 1.29 is 0 Å². The number of nitrogen functional groups attached to an aromatic ring is 1. The van der Waals surface area contributed by atoms with Gasteiger partial charge in [-0.15, -0.1) is 0 Å². The van der Waals surface area contributed by atoms with E-state index in [-0.39, 0.29) is 5.95 Å². The van der Waals surface area contributed by atoms with E-state index in [2.05, 4.69) is 35.9 Å². The van der Waals surface area contributed by atoms with E-state index in [1.54, 1.807) is 12.4 Å². The molecule has 0 aliphatic heterocycles. The summed E-state index contributed by atoms with van der Waals surface area (Å²) in [5, 5.41) is 0.667. The lowest BCUT2D eigenvalue weighted by Crippen LogP contribution is -1.98. The molecule has 0 fully saturated rings. The minimum absolute atomic E-state index is 0.216. The second kappa shape index (κ2) is 3.21. The minimum Gasteiger partial charge on any atom is -0.368 e. The van der Waals surface area contributed by atoms with Crippen LogP contribution < -0.4 is 5.73 Å². The first-order chi connectivity index (χ1) is 6.29. The summed E-state index contributed by atoms with van der Waals surface area (Å²) in [6.45, 7) is 0. The first-order valence-electron chi connectivity index (χ1n) is 3.59. The Balaban J connectivity index is 2.66. The number of hydrogen-bond acceptors (Lipinski definition) is 5. The van der Waals surface area contributed by atoms with Gasteiger partial charge in [0.2, 0.25) is 5.95 Å². The molecule has 0 spiro atoms. The van der Waals surface area contributed by atoms with Gasteiger partial charge in [-0.1, -0.05) is 15.9 Å². The van der Waals surface area contributed by atoms with E-state index in [0.717, 1.165) is 5.69 Å². The minimum atomic E-state index is 0.216. The largest absolute Gasteiger partial charge is 0.368 e. The summed E-state index contributed by atoms with van der Waals surface area (Å²) < 4.78 is 0. The molecule has 13 heavy (non-hydrogen) atoms. The predicted molar refractivity (Wildman–Crippen MR) is 52.2 cm³/mol. The van der Waals surface area contributed by atoms with Crippen molar-refractivity contribution in [2.75, 3.05) is 5.73 Å². The zero-order valence-electron chi connectivity index (χ0n) is 6.61. The maximum absolute atomic E-state index is 5.40. The molecule has 0 aromatic carbocycles. The summed E-state index contributed by atoms with van der Waals surface area (Å²) in [6.07, 6.45) is 3.22. The molecule has 0 aliphatic rings. The number of nitrogens with zero attached hydrogens (tertiary/aromatic N) is 4. The summed E-state index contributed by atoms with van der Waals surface area (Å²) >= 11 is 3.29. The van der Waals surface area contributed by atoms with Crippen molar-refractivity contribution in [2.45, 2.75) is 5.33 Å². The Labute approximate surface area is 82.6 Å². The highest BCUT2D eigenvalue weighted by Gasteiger charge is 2.00. The molecule has 0 saturated carbocycles. The Morgan fingerprint density at radius 1 is 1.23 bits per heavy atom. The molecule has 2 N–H and O–H groups in total. The third kappa shape index (κ3) is 1.57. The molecule has 2 rings (SSSR count). The standard InChI is InChI=1S/C7H6BrN5/c8-1-4-2-10-6-5(12-4)3-11-7(9)13-6/h2-3H,1H2,(H2,9,10,11,13). The number of fused-ring (bicyclic) bond motifs is 1. The normalized spacial score (nSPS) is 10.5. The Bertz CT molecular complexity index is 444. The van der Waals surface area contributed by atoms with Crippen molar-refractivity contribution in [1.29, 1.82) is 0 Å². The molecular formula is C7H6BrN5. The summed E-state index contributed by atoms with van der Waals surface area (Å²) in [6, 6.07) is 0. The average Bonchev–Trinajstić information content (AvgIpc) is 2.17. The number of hydrogen-bond donors (Lipinski definition) is 1. The first-order valence-corrected chi connectivity index (χ1v) is 4.72. The van der Waals surface area contributed by atoms with E-state index in [1.807, 2.05) is 0 Å². The lowest BCUT2D eigenvalue weighted by Gasteiger charge is -1.97. The maximum atomic E-state index is 5.40. The molecule has 2 heterocycles. The van der Waals surface area contributed by atoms with Crippen LogP contribution in [0.2, 0.25) is 0 Å². The van der Waals surface area contributed by atoms with Crippen molar-refractivity contribution in [1.82, 2.24) is 19.9 Å². The molecule has 0 amide bonds. The van der Waals surface area contributed by atoms with Crippen molar-refractivity contribution in [3.63, 3.8) is 0 Å². The molecule has 0 radical (unpaired) electrons. The number of alkyl halides is 1. The van der Waals surface area contributed by atoms with E-state index >= 15 is 0 Å². The number of halogens is 1. The van der Waals surface area contributed by atoms with Crippen molar-refractivity contribution in [2.24, 2.45) is 0 Å². The lowest BCUT2D eigenvalue weighted by atomic mass is 10.4. The van der Waals surface area contributed by atoms with Crippen molar-refractivity contribution in [3.05, 3.63) is 18.1 Å². The fourth-order valence-corrected chi connectivity index (χ4v) is 1.21. The monoisotopic (exact) mass is 239 g/mol. The average molecular weight is 240 g/mol. The van der Waals surface area contributed by atoms with E-state index in [1.165, 1.54) is 0 Å². The first kappa shape index (κ1) is 8.31. The molecule has 6 heteroatoms. The lowest BCUT2D eigenvalue weighted by molar-refractivity contribution is 1.11. The molecule has 5 nitrogen and oxygen atoms in total. The Morgan fingerprint density at radius 3 is 2.85 bits per heavy atom. The van der Waals surface area contributed by atoms with Gasteiger partial charge in [-0.05, 0) is 0 Å².